The van der Waals surface area contributed by atoms with Crippen molar-refractivity contribution in [3.8, 4) is 0 Å². The average molecular weight is 302 g/mol. The van der Waals surface area contributed by atoms with Crippen LogP contribution in [-0.2, 0) is 14.3 Å². The third kappa shape index (κ3) is 2.39. The molecule has 1 amide bonds. The Kier molecular flexibility index (Phi) is 3.94. The number of methoxy groups -OCH3 is 1. The summed E-state index contributed by atoms with van der Waals surface area (Å²) in [6.07, 6.45) is 1.33. The number of hydrogen-bond acceptors (Lipinski definition) is 5. The van der Waals surface area contributed by atoms with Gasteiger partial charge in [0, 0.05) is 13.0 Å². The number of esters is 1. The third-order valence-corrected chi connectivity index (χ3v) is 4.13. The Bertz CT molecular complexity index is 654. The molecule has 2 aliphatic heterocycles. The van der Waals surface area contributed by atoms with E-state index in [9.17, 15) is 9.59 Å². The molecule has 0 bridgehead atoms. The van der Waals surface area contributed by atoms with E-state index in [4.69, 9.17) is 9.47 Å². The van der Waals surface area contributed by atoms with Crippen molar-refractivity contribution in [1.82, 2.24) is 0 Å². The van der Waals surface area contributed by atoms with Gasteiger partial charge in [-0.15, -0.1) is 0 Å². The standard InChI is InChI=1S/C16H18N2O4/c1-10-11(16(20)21-2)4-3-5-14(10)18-15(19)12-6-8-22-9-7-13(12)17-18/h3-5,12H,6-9H2,1-2H3. The zero-order valence-corrected chi connectivity index (χ0v) is 12.7. The van der Waals surface area contributed by atoms with Crippen LogP contribution in [0.5, 0.6) is 0 Å². The first-order chi connectivity index (χ1) is 10.6. The second-order valence-corrected chi connectivity index (χ2v) is 5.39. The topological polar surface area (TPSA) is 68.2 Å². The molecule has 2 aliphatic rings. The number of carbonyl (C=O) groups excluding carboxylic acids is 2. The van der Waals surface area contributed by atoms with E-state index in [1.54, 1.807) is 25.1 Å². The van der Waals surface area contributed by atoms with Gasteiger partial charge in [-0.25, -0.2) is 4.79 Å². The van der Waals surface area contributed by atoms with Crippen molar-refractivity contribution < 1.29 is 19.1 Å². The minimum Gasteiger partial charge on any atom is -0.465 e. The zero-order chi connectivity index (χ0) is 15.7. The zero-order valence-electron chi connectivity index (χ0n) is 12.7. The van der Waals surface area contributed by atoms with Crippen molar-refractivity contribution in [2.75, 3.05) is 25.3 Å². The Morgan fingerprint density at radius 2 is 2.23 bits per heavy atom. The smallest absolute Gasteiger partial charge is 0.338 e. The van der Waals surface area contributed by atoms with E-state index in [0.717, 1.165) is 5.71 Å². The van der Waals surface area contributed by atoms with Crippen LogP contribution in [0.2, 0.25) is 0 Å². The number of carbonyl (C=O) groups is 2. The molecule has 3 rings (SSSR count). The summed E-state index contributed by atoms with van der Waals surface area (Å²) in [6, 6.07) is 5.22. The molecule has 0 spiro atoms. The maximum atomic E-state index is 12.6. The van der Waals surface area contributed by atoms with Crippen LogP contribution in [0.3, 0.4) is 0 Å². The second kappa shape index (κ2) is 5.88. The Balaban J connectivity index is 1.98. The molecular formula is C16H18N2O4. The van der Waals surface area contributed by atoms with Gasteiger partial charge in [-0.2, -0.15) is 10.1 Å². The van der Waals surface area contributed by atoms with Crippen molar-refractivity contribution >= 4 is 23.3 Å². The first-order valence-electron chi connectivity index (χ1n) is 7.30. The van der Waals surface area contributed by atoms with Gasteiger partial charge in [-0.1, -0.05) is 6.07 Å². The quantitative estimate of drug-likeness (QED) is 0.783. The lowest BCUT2D eigenvalue weighted by Crippen LogP contribution is -2.28. The summed E-state index contributed by atoms with van der Waals surface area (Å²) >= 11 is 0. The minimum atomic E-state index is -0.415. The fourth-order valence-electron chi connectivity index (χ4n) is 2.89. The largest absolute Gasteiger partial charge is 0.465 e. The van der Waals surface area contributed by atoms with Crippen molar-refractivity contribution in [2.45, 2.75) is 19.8 Å². The van der Waals surface area contributed by atoms with Crippen LogP contribution in [-0.4, -0.2) is 37.9 Å². The van der Waals surface area contributed by atoms with Gasteiger partial charge in [0.2, 0.25) is 0 Å². The lowest BCUT2D eigenvalue weighted by Gasteiger charge is -2.17. The molecule has 1 aromatic carbocycles. The first-order valence-corrected chi connectivity index (χ1v) is 7.30. The highest BCUT2D eigenvalue weighted by molar-refractivity contribution is 6.16. The third-order valence-electron chi connectivity index (χ3n) is 4.13. The number of hydrazone groups is 1. The molecule has 0 radical (unpaired) electrons. The number of ether oxygens (including phenoxy) is 2. The van der Waals surface area contributed by atoms with Crippen molar-refractivity contribution in [1.29, 1.82) is 0 Å². The molecule has 0 saturated carbocycles. The maximum absolute atomic E-state index is 12.6. The van der Waals surface area contributed by atoms with Gasteiger partial charge in [-0.3, -0.25) is 4.79 Å². The van der Waals surface area contributed by atoms with Gasteiger partial charge in [0.05, 0.1) is 36.6 Å². The molecule has 1 fully saturated rings. The summed E-state index contributed by atoms with van der Waals surface area (Å²) in [5, 5.41) is 5.90. The monoisotopic (exact) mass is 302 g/mol. The summed E-state index contributed by atoms with van der Waals surface area (Å²) in [5.74, 6) is -0.671. The van der Waals surface area contributed by atoms with Crippen LogP contribution >= 0.6 is 0 Å². The van der Waals surface area contributed by atoms with E-state index in [1.807, 2.05) is 0 Å². The summed E-state index contributed by atoms with van der Waals surface area (Å²) in [4.78, 5) is 24.4. The predicted octanol–water partition coefficient (Wildman–Crippen LogP) is 1.91. The number of hydrogen-bond donors (Lipinski definition) is 0. The Morgan fingerprint density at radius 3 is 3.00 bits per heavy atom. The summed E-state index contributed by atoms with van der Waals surface area (Å²) in [5.41, 5.74) is 2.64. The summed E-state index contributed by atoms with van der Waals surface area (Å²) < 4.78 is 10.2. The number of amides is 1. The Labute approximate surface area is 128 Å². The van der Waals surface area contributed by atoms with Crippen molar-refractivity contribution in [3.63, 3.8) is 0 Å². The molecule has 6 heteroatoms. The maximum Gasteiger partial charge on any atom is 0.338 e. The highest BCUT2D eigenvalue weighted by Gasteiger charge is 2.37. The summed E-state index contributed by atoms with van der Waals surface area (Å²) in [7, 11) is 1.34. The van der Waals surface area contributed by atoms with Crippen LogP contribution < -0.4 is 5.01 Å². The number of anilines is 1. The molecule has 1 atom stereocenters. The summed E-state index contributed by atoms with van der Waals surface area (Å²) in [6.45, 7) is 2.97. The lowest BCUT2D eigenvalue weighted by molar-refractivity contribution is -0.120. The molecule has 1 saturated heterocycles. The van der Waals surface area contributed by atoms with Crippen LogP contribution in [0.25, 0.3) is 0 Å². The molecule has 2 heterocycles. The van der Waals surface area contributed by atoms with Crippen LogP contribution in [0.4, 0.5) is 5.69 Å². The van der Waals surface area contributed by atoms with E-state index < -0.39 is 5.97 Å². The molecule has 22 heavy (non-hydrogen) atoms. The molecular weight excluding hydrogens is 284 g/mol. The first kappa shape index (κ1) is 14.7. The lowest BCUT2D eigenvalue weighted by atomic mass is 9.98. The molecule has 6 nitrogen and oxygen atoms in total. The van der Waals surface area contributed by atoms with Gasteiger partial charge in [-0.05, 0) is 31.0 Å². The van der Waals surface area contributed by atoms with E-state index in [-0.39, 0.29) is 11.8 Å². The average Bonchev–Trinajstić information content (AvgIpc) is 2.71. The molecule has 116 valence electrons. The normalized spacial score (nSPS) is 21.2. The van der Waals surface area contributed by atoms with Crippen molar-refractivity contribution in [3.05, 3.63) is 29.3 Å². The SMILES string of the molecule is COC(=O)c1cccc(N2N=C3CCOCCC3C2=O)c1C. The van der Waals surface area contributed by atoms with Crippen LogP contribution in [0.1, 0.15) is 28.8 Å². The number of fused-ring (bicyclic) bond motifs is 1. The van der Waals surface area contributed by atoms with Crippen molar-refractivity contribution in [2.24, 2.45) is 11.0 Å². The minimum absolute atomic E-state index is 0.0504. The Hall–Kier alpha value is -2.21. The van der Waals surface area contributed by atoms with Gasteiger partial charge < -0.3 is 9.47 Å². The highest BCUT2D eigenvalue weighted by atomic mass is 16.5. The number of nitrogens with zero attached hydrogens (tertiary/aromatic N) is 2. The fourth-order valence-corrected chi connectivity index (χ4v) is 2.89. The Morgan fingerprint density at radius 1 is 1.41 bits per heavy atom. The molecule has 1 unspecified atom stereocenters. The predicted molar refractivity (Wildman–Crippen MR) is 81.0 cm³/mol. The number of rotatable bonds is 2. The van der Waals surface area contributed by atoms with Crippen LogP contribution in [0, 0.1) is 12.8 Å². The van der Waals surface area contributed by atoms with E-state index in [1.165, 1.54) is 12.1 Å². The molecule has 0 N–H and O–H groups in total. The van der Waals surface area contributed by atoms with E-state index >= 15 is 0 Å². The van der Waals surface area contributed by atoms with E-state index in [0.29, 0.717) is 42.9 Å². The van der Waals surface area contributed by atoms with Gasteiger partial charge in [0.1, 0.15) is 0 Å². The van der Waals surface area contributed by atoms with Gasteiger partial charge in [0.25, 0.3) is 5.91 Å². The second-order valence-electron chi connectivity index (χ2n) is 5.39. The number of benzene rings is 1. The molecule has 0 aliphatic carbocycles. The molecule has 1 aromatic rings. The van der Waals surface area contributed by atoms with E-state index in [2.05, 4.69) is 5.10 Å². The molecule has 0 aromatic heterocycles. The van der Waals surface area contributed by atoms with Gasteiger partial charge >= 0.3 is 5.97 Å². The van der Waals surface area contributed by atoms with Crippen LogP contribution in [0.15, 0.2) is 23.3 Å². The fraction of sp³-hybridized carbons (Fsp3) is 0.438. The highest BCUT2D eigenvalue weighted by Crippen LogP contribution is 2.31. The van der Waals surface area contributed by atoms with Gasteiger partial charge in [0.15, 0.2) is 0 Å².